The molecular formula is C56H115NO7. The summed E-state index contributed by atoms with van der Waals surface area (Å²) in [5, 5.41) is 8.37. The highest BCUT2D eigenvalue weighted by atomic mass is 16.5. The highest BCUT2D eigenvalue weighted by Crippen LogP contribution is 2.19. The third-order valence-electron chi connectivity index (χ3n) is 11.8. The summed E-state index contributed by atoms with van der Waals surface area (Å²) in [7, 11) is 0. The van der Waals surface area contributed by atoms with Gasteiger partial charge >= 0.3 is 5.97 Å². The Bertz CT molecular complexity index is 913. The van der Waals surface area contributed by atoms with E-state index in [0.29, 0.717) is 43.6 Å². The minimum absolute atomic E-state index is 0.0127. The van der Waals surface area contributed by atoms with Crippen molar-refractivity contribution in [1.29, 1.82) is 0 Å². The zero-order chi connectivity index (χ0) is 49.5. The normalized spacial score (nSPS) is 13.8. The van der Waals surface area contributed by atoms with Gasteiger partial charge in [0, 0.05) is 38.3 Å². The van der Waals surface area contributed by atoms with Gasteiger partial charge in [0.25, 0.3) is 6.47 Å². The summed E-state index contributed by atoms with van der Waals surface area (Å²) >= 11 is 0. The van der Waals surface area contributed by atoms with E-state index in [-0.39, 0.29) is 18.0 Å². The Morgan fingerprint density at radius 3 is 1.58 bits per heavy atom. The van der Waals surface area contributed by atoms with Gasteiger partial charge in [-0.2, -0.15) is 0 Å². The predicted molar refractivity (Wildman–Crippen MR) is 278 cm³/mol. The van der Waals surface area contributed by atoms with Crippen LogP contribution in [-0.4, -0.2) is 73.0 Å². The van der Waals surface area contributed by atoms with E-state index in [1.165, 1.54) is 122 Å². The number of hydrogen-bond donors (Lipinski definition) is 1. The van der Waals surface area contributed by atoms with Gasteiger partial charge in [0.1, 0.15) is 17.7 Å². The summed E-state index contributed by atoms with van der Waals surface area (Å²) in [5.74, 6) is 2.61. The molecule has 0 amide bonds. The number of nitrogens with zero attached hydrogens (tertiary/aromatic N) is 1. The molecule has 0 radical (unpaired) electrons. The maximum Gasteiger partial charge on any atom is 0.306 e. The second kappa shape index (κ2) is 61.2. The SMILES string of the molecule is CC.CC.CC(=O)CCCCCN1CCC(C)C1.CCC(C)CCO.CCCC(=O)C(C)CC.CCCCCCCCC(CCCCCCCC)OC(=O)CCCCCCCOC=O. The van der Waals surface area contributed by atoms with E-state index < -0.39 is 0 Å². The number of ketones is 2. The number of carbonyl (C=O) groups excluding carboxylic acids is 4. The molecule has 3 unspecified atom stereocenters. The zero-order valence-electron chi connectivity index (χ0n) is 45.5. The largest absolute Gasteiger partial charge is 0.468 e. The Labute approximate surface area is 400 Å². The molecule has 0 saturated carbocycles. The number of aliphatic hydroxyl groups excluding tert-OH is 1. The molecule has 0 aromatic rings. The molecule has 0 bridgehead atoms. The molecule has 1 N–H and O–H groups in total. The van der Waals surface area contributed by atoms with Gasteiger partial charge in [0.2, 0.25) is 0 Å². The van der Waals surface area contributed by atoms with Gasteiger partial charge in [-0.25, -0.2) is 0 Å². The molecule has 0 aliphatic carbocycles. The Morgan fingerprint density at radius 1 is 0.641 bits per heavy atom. The van der Waals surface area contributed by atoms with E-state index in [9.17, 15) is 19.2 Å². The minimum atomic E-state index is -0.0127. The Kier molecular flexibility index (Phi) is 68.1. The lowest BCUT2D eigenvalue weighted by Gasteiger charge is -2.18. The van der Waals surface area contributed by atoms with E-state index in [4.69, 9.17) is 9.84 Å². The molecule has 1 aliphatic heterocycles. The lowest BCUT2D eigenvalue weighted by Crippen LogP contribution is -2.21. The number of Topliss-reactive ketones (excluding diaryl/α,β-unsaturated/α-hetero) is 2. The highest BCUT2D eigenvalue weighted by Gasteiger charge is 2.17. The van der Waals surface area contributed by atoms with Crippen LogP contribution in [-0.2, 0) is 28.7 Å². The molecule has 1 aliphatic rings. The summed E-state index contributed by atoms with van der Waals surface area (Å²) in [6.45, 7) is 32.0. The summed E-state index contributed by atoms with van der Waals surface area (Å²) in [6, 6.07) is 0. The van der Waals surface area contributed by atoms with E-state index in [0.717, 1.165) is 89.4 Å². The average Bonchev–Trinajstić information content (AvgIpc) is 3.72. The van der Waals surface area contributed by atoms with Crippen molar-refractivity contribution in [3.63, 3.8) is 0 Å². The number of esters is 1. The first-order chi connectivity index (χ1) is 30.9. The van der Waals surface area contributed by atoms with Crippen molar-refractivity contribution >= 4 is 24.0 Å². The van der Waals surface area contributed by atoms with Crippen LogP contribution in [0.3, 0.4) is 0 Å². The lowest BCUT2D eigenvalue weighted by molar-refractivity contribution is -0.150. The maximum atomic E-state index is 12.3. The summed E-state index contributed by atoms with van der Waals surface area (Å²) in [5.41, 5.74) is 0. The Morgan fingerprint density at radius 2 is 1.14 bits per heavy atom. The maximum absolute atomic E-state index is 12.3. The van der Waals surface area contributed by atoms with Crippen molar-refractivity contribution in [3.8, 4) is 0 Å². The molecule has 1 saturated heterocycles. The van der Waals surface area contributed by atoms with E-state index >= 15 is 0 Å². The minimum Gasteiger partial charge on any atom is -0.468 e. The molecular weight excluding hydrogens is 799 g/mol. The van der Waals surface area contributed by atoms with Gasteiger partial charge in [-0.1, -0.05) is 179 Å². The molecule has 1 fully saturated rings. The van der Waals surface area contributed by atoms with Crippen LogP contribution in [0.5, 0.6) is 0 Å². The van der Waals surface area contributed by atoms with Crippen molar-refractivity contribution in [2.75, 3.05) is 32.8 Å². The van der Waals surface area contributed by atoms with Gasteiger partial charge in [-0.3, -0.25) is 14.4 Å². The van der Waals surface area contributed by atoms with Crippen LogP contribution in [0.1, 0.15) is 283 Å². The monoisotopic (exact) mass is 914 g/mol. The van der Waals surface area contributed by atoms with Crippen molar-refractivity contribution in [1.82, 2.24) is 4.90 Å². The van der Waals surface area contributed by atoms with Crippen molar-refractivity contribution in [3.05, 3.63) is 0 Å². The highest BCUT2D eigenvalue weighted by molar-refractivity contribution is 5.80. The van der Waals surface area contributed by atoms with Crippen LogP contribution in [0.4, 0.5) is 0 Å². The summed E-state index contributed by atoms with van der Waals surface area (Å²) in [4.78, 5) is 46.6. The van der Waals surface area contributed by atoms with E-state index in [2.05, 4.69) is 51.2 Å². The molecule has 0 spiro atoms. The summed E-state index contributed by atoms with van der Waals surface area (Å²) < 4.78 is 10.6. The lowest BCUT2D eigenvalue weighted by atomic mass is 10.0. The van der Waals surface area contributed by atoms with Crippen LogP contribution in [0.25, 0.3) is 0 Å². The van der Waals surface area contributed by atoms with E-state index in [1.54, 1.807) is 6.92 Å². The van der Waals surface area contributed by atoms with Crippen LogP contribution >= 0.6 is 0 Å². The van der Waals surface area contributed by atoms with Gasteiger partial charge in [0.05, 0.1) is 6.61 Å². The average molecular weight is 915 g/mol. The smallest absolute Gasteiger partial charge is 0.306 e. The van der Waals surface area contributed by atoms with Crippen LogP contribution in [0, 0.1) is 17.8 Å². The Balaban J connectivity index is -0.000000278. The first-order valence-corrected chi connectivity index (χ1v) is 27.6. The van der Waals surface area contributed by atoms with E-state index in [1.807, 2.05) is 41.5 Å². The number of likely N-dealkylation sites (tertiary alicyclic amines) is 1. The van der Waals surface area contributed by atoms with Crippen molar-refractivity contribution < 1.29 is 33.8 Å². The standard InChI is InChI=1S/C26H50O4.C12H23NO.C8H16O.C6H14O.2C2H6/c1-3-5-7-9-12-16-20-25(21-17-13-10-8-6-4-2)30-26(28)22-18-14-11-15-19-23-29-24-27;1-11-7-9-13(10-11)8-5-3-4-6-12(2)14;1-4-6-8(9)7(3)5-2;1-3-6(2)4-5-7;2*1-2/h24-25H,3-23H2,1-2H3;11H,3-10H2,1-2H3;7H,4-6H2,1-3H3;6-7H,3-5H2,1-2H3;2*1-2H3. The molecule has 1 heterocycles. The molecule has 386 valence electrons. The number of rotatable bonds is 37. The fourth-order valence-electron chi connectivity index (χ4n) is 7.11. The fraction of sp³-hybridized carbons (Fsp3) is 0.929. The first-order valence-electron chi connectivity index (χ1n) is 27.6. The molecule has 8 heteroatoms. The van der Waals surface area contributed by atoms with Crippen LogP contribution in [0.15, 0.2) is 0 Å². The second-order valence-corrected chi connectivity index (χ2v) is 18.0. The third kappa shape index (κ3) is 60.2. The molecule has 8 nitrogen and oxygen atoms in total. The number of carbonyl (C=O) groups is 4. The van der Waals surface area contributed by atoms with Gasteiger partial charge < -0.3 is 24.3 Å². The number of ether oxygens (including phenoxy) is 2. The van der Waals surface area contributed by atoms with Gasteiger partial charge in [-0.15, -0.1) is 0 Å². The predicted octanol–water partition coefficient (Wildman–Crippen LogP) is 16.3. The third-order valence-corrected chi connectivity index (χ3v) is 11.8. The first kappa shape index (κ1) is 71.2. The summed E-state index contributed by atoms with van der Waals surface area (Å²) in [6.07, 6.45) is 33.7. The molecule has 1 rings (SSSR count). The fourth-order valence-corrected chi connectivity index (χ4v) is 7.11. The molecule has 0 aromatic heterocycles. The zero-order valence-corrected chi connectivity index (χ0v) is 45.5. The quantitative estimate of drug-likeness (QED) is 0.0373. The molecule has 0 aromatic carbocycles. The van der Waals surface area contributed by atoms with Gasteiger partial charge in [-0.05, 0) is 109 Å². The number of hydrogen-bond acceptors (Lipinski definition) is 8. The van der Waals surface area contributed by atoms with Crippen LogP contribution in [0.2, 0.25) is 0 Å². The Hall–Kier alpha value is -1.80. The van der Waals surface area contributed by atoms with Crippen molar-refractivity contribution in [2.24, 2.45) is 17.8 Å². The topological polar surface area (TPSA) is 110 Å². The van der Waals surface area contributed by atoms with Gasteiger partial charge in [0.15, 0.2) is 0 Å². The molecule has 3 atom stereocenters. The van der Waals surface area contributed by atoms with Crippen LogP contribution < -0.4 is 0 Å². The van der Waals surface area contributed by atoms with Crippen molar-refractivity contribution in [2.45, 2.75) is 289 Å². The number of aliphatic hydroxyl groups is 1. The molecule has 64 heavy (non-hydrogen) atoms. The second-order valence-electron chi connectivity index (χ2n) is 18.0. The number of unbranched alkanes of at least 4 members (excludes halogenated alkanes) is 16.